The van der Waals surface area contributed by atoms with Gasteiger partial charge in [-0.1, -0.05) is 42.5 Å². The molecule has 15 heteroatoms. The third kappa shape index (κ3) is 9.61. The van der Waals surface area contributed by atoms with E-state index in [1.54, 1.807) is 80.4 Å². The van der Waals surface area contributed by atoms with Gasteiger partial charge in [0.1, 0.15) is 0 Å². The summed E-state index contributed by atoms with van der Waals surface area (Å²) in [6, 6.07) is 30.6. The van der Waals surface area contributed by atoms with E-state index in [4.69, 9.17) is 0 Å². The van der Waals surface area contributed by atoms with E-state index >= 15 is 0 Å². The van der Waals surface area contributed by atoms with Crippen molar-refractivity contribution in [3.05, 3.63) is 126 Å². The molecule has 0 saturated carbocycles. The fourth-order valence-corrected chi connectivity index (χ4v) is 5.96. The Morgan fingerprint density at radius 3 is 1.49 bits per heavy atom. The maximum absolute atomic E-state index is 13.1. The number of nitrogens with one attached hydrogen (secondary N) is 3. The van der Waals surface area contributed by atoms with Crippen LogP contribution in [0.2, 0.25) is 0 Å². The Morgan fingerprint density at radius 1 is 0.627 bits per heavy atom. The van der Waals surface area contributed by atoms with Crippen LogP contribution in [-0.2, 0) is 19.7 Å². The molecule has 262 valence electrons. The summed E-state index contributed by atoms with van der Waals surface area (Å²) in [6.07, 6.45) is 2.30. The molecule has 0 aliphatic carbocycles. The summed E-state index contributed by atoms with van der Waals surface area (Å²) in [4.78, 5) is 24.1. The van der Waals surface area contributed by atoms with Crippen molar-refractivity contribution in [2.24, 2.45) is 10.2 Å². The molecule has 0 radical (unpaired) electrons. The van der Waals surface area contributed by atoms with E-state index in [0.29, 0.717) is 45.4 Å². The molecule has 1 heterocycles. The second-order valence-corrected chi connectivity index (χ2v) is 15.6. The van der Waals surface area contributed by atoms with Gasteiger partial charge in [-0.15, -0.1) is 0 Å². The summed E-state index contributed by atoms with van der Waals surface area (Å²) in [6.45, 7) is 3.53. The van der Waals surface area contributed by atoms with E-state index in [1.807, 2.05) is 30.3 Å². The van der Waals surface area contributed by atoms with Crippen molar-refractivity contribution >= 4 is 66.0 Å². The number of rotatable bonds is 12. The van der Waals surface area contributed by atoms with Gasteiger partial charge in [0.05, 0.1) is 21.2 Å². The van der Waals surface area contributed by atoms with Gasteiger partial charge >= 0.3 is 0 Å². The predicted molar refractivity (Wildman–Crippen MR) is 202 cm³/mol. The molecule has 0 fully saturated rings. The van der Waals surface area contributed by atoms with Gasteiger partial charge in [0.2, 0.25) is 5.95 Å². The topological polar surface area (TPSA) is 175 Å². The highest BCUT2D eigenvalue weighted by atomic mass is 32.2. The third-order valence-corrected chi connectivity index (χ3v) is 9.90. The number of sulfone groups is 2. The van der Waals surface area contributed by atoms with Crippen molar-refractivity contribution in [1.82, 2.24) is 9.97 Å². The minimum atomic E-state index is -3.34. The van der Waals surface area contributed by atoms with E-state index in [2.05, 4.69) is 36.3 Å². The second-order valence-electron chi connectivity index (χ2n) is 11.6. The molecule has 5 aromatic rings. The number of anilines is 5. The number of hydrogen-bond acceptors (Lipinski definition) is 12. The van der Waals surface area contributed by atoms with Gasteiger partial charge in [-0.25, -0.2) is 16.8 Å². The lowest BCUT2D eigenvalue weighted by Crippen LogP contribution is -2.26. The summed E-state index contributed by atoms with van der Waals surface area (Å²) >= 11 is 0. The lowest BCUT2D eigenvalue weighted by atomic mass is 10.1. The Bertz CT molecular complexity index is 2200. The molecule has 0 atom stereocenters. The number of amides is 1. The molecule has 13 nitrogen and oxygen atoms in total. The first-order chi connectivity index (χ1) is 24.2. The summed E-state index contributed by atoms with van der Waals surface area (Å²) in [5.41, 5.74) is 10.3. The molecule has 51 heavy (non-hydrogen) atoms. The number of carbonyl (C=O) groups excluding carboxylic acids is 1. The maximum atomic E-state index is 13.1. The highest BCUT2D eigenvalue weighted by Crippen LogP contribution is 2.22. The standard InChI is InChI=1S/C36H36N8O5S2/c1-24(26-13-19-31(20-14-26)50(4,46)47)40-42-33-23-34(43-41-25(2)27-15-21-32(22-16-27)51(5,48)49)39-36(38-33)37-29-17-11-28(12-18-29)35(45)44(3)30-9-7-6-8-10-30/h6-23H,1-5H3,(H3,37,38,39,42,43). The van der Waals surface area contributed by atoms with Gasteiger partial charge in [-0.2, -0.15) is 20.2 Å². The SMILES string of the molecule is CC(=NNc1cc(NN=C(C)c2ccc(S(C)(=O)=O)cc2)nc(Nc2ccc(C(=O)N(C)c3ccccc3)cc2)n1)c1ccc(S(C)(=O)=O)cc1. The average Bonchev–Trinajstić information content (AvgIpc) is 3.12. The minimum Gasteiger partial charge on any atom is -0.324 e. The van der Waals surface area contributed by atoms with Crippen molar-refractivity contribution in [1.29, 1.82) is 0 Å². The van der Waals surface area contributed by atoms with Crippen LogP contribution in [0.15, 0.2) is 129 Å². The molecule has 3 N–H and O–H groups in total. The Morgan fingerprint density at radius 2 is 1.06 bits per heavy atom. The first-order valence-electron chi connectivity index (χ1n) is 15.5. The second kappa shape index (κ2) is 15.3. The van der Waals surface area contributed by atoms with Crippen LogP contribution in [0.4, 0.5) is 29.0 Å². The Labute approximate surface area is 297 Å². The van der Waals surface area contributed by atoms with Crippen LogP contribution in [0, 0.1) is 0 Å². The molecule has 0 spiro atoms. The molecule has 5 rings (SSSR count). The van der Waals surface area contributed by atoms with Gasteiger partial charge in [0.15, 0.2) is 31.3 Å². The van der Waals surface area contributed by atoms with Crippen LogP contribution in [0.1, 0.15) is 35.3 Å². The van der Waals surface area contributed by atoms with Crippen LogP contribution in [0.5, 0.6) is 0 Å². The lowest BCUT2D eigenvalue weighted by molar-refractivity contribution is 0.0993. The number of hydrogen-bond donors (Lipinski definition) is 3. The summed E-state index contributed by atoms with van der Waals surface area (Å²) in [7, 11) is -4.95. The molecule has 1 amide bonds. The molecule has 4 aromatic carbocycles. The van der Waals surface area contributed by atoms with Crippen molar-refractivity contribution in [3.63, 3.8) is 0 Å². The van der Waals surface area contributed by atoms with Crippen molar-refractivity contribution in [3.8, 4) is 0 Å². The molecular weight excluding hydrogens is 689 g/mol. The van der Waals surface area contributed by atoms with Gasteiger partial charge in [-0.05, 0) is 85.6 Å². The summed E-state index contributed by atoms with van der Waals surface area (Å²) < 4.78 is 47.4. The van der Waals surface area contributed by atoms with Crippen molar-refractivity contribution in [2.75, 3.05) is 40.6 Å². The average molecular weight is 725 g/mol. The first kappa shape index (κ1) is 36.4. The van der Waals surface area contributed by atoms with Gasteiger partial charge in [0, 0.05) is 42.6 Å². The Hall–Kier alpha value is -5.93. The first-order valence-corrected chi connectivity index (χ1v) is 19.3. The molecule has 0 bridgehead atoms. The van der Waals surface area contributed by atoms with Gasteiger partial charge in [-0.3, -0.25) is 15.6 Å². The van der Waals surface area contributed by atoms with Crippen LogP contribution in [-0.4, -0.2) is 63.7 Å². The number of aromatic nitrogens is 2. The largest absolute Gasteiger partial charge is 0.324 e. The monoisotopic (exact) mass is 724 g/mol. The highest BCUT2D eigenvalue weighted by Gasteiger charge is 2.14. The minimum absolute atomic E-state index is 0.167. The highest BCUT2D eigenvalue weighted by molar-refractivity contribution is 7.91. The van der Waals surface area contributed by atoms with Crippen LogP contribution < -0.4 is 21.1 Å². The van der Waals surface area contributed by atoms with Crippen LogP contribution in [0.25, 0.3) is 0 Å². The number of carbonyl (C=O) groups is 1. The van der Waals surface area contributed by atoms with E-state index < -0.39 is 19.7 Å². The van der Waals surface area contributed by atoms with Crippen LogP contribution in [0.3, 0.4) is 0 Å². The van der Waals surface area contributed by atoms with E-state index in [9.17, 15) is 21.6 Å². The molecule has 0 aliphatic rings. The zero-order valence-electron chi connectivity index (χ0n) is 28.5. The normalized spacial score (nSPS) is 12.3. The fraction of sp³-hybridized carbons (Fsp3) is 0.139. The van der Waals surface area contributed by atoms with Crippen molar-refractivity contribution < 1.29 is 21.6 Å². The number of benzene rings is 4. The van der Waals surface area contributed by atoms with Crippen LogP contribution >= 0.6 is 0 Å². The summed E-state index contributed by atoms with van der Waals surface area (Å²) in [5, 5.41) is 12.0. The molecule has 1 aromatic heterocycles. The zero-order chi connectivity index (χ0) is 36.8. The third-order valence-electron chi connectivity index (χ3n) is 7.64. The molecule has 0 unspecified atom stereocenters. The van der Waals surface area contributed by atoms with E-state index in [0.717, 1.165) is 18.2 Å². The predicted octanol–water partition coefficient (Wildman–Crippen LogP) is 5.98. The Kier molecular flexibility index (Phi) is 10.9. The number of hydrazone groups is 2. The van der Waals surface area contributed by atoms with E-state index in [1.165, 1.54) is 24.3 Å². The van der Waals surface area contributed by atoms with E-state index in [-0.39, 0.29) is 21.6 Å². The smallest absolute Gasteiger partial charge is 0.258 e. The van der Waals surface area contributed by atoms with Gasteiger partial charge in [0.25, 0.3) is 5.91 Å². The lowest BCUT2D eigenvalue weighted by Gasteiger charge is -2.17. The molecule has 0 saturated heterocycles. The zero-order valence-corrected chi connectivity index (χ0v) is 30.1. The maximum Gasteiger partial charge on any atom is 0.258 e. The quantitative estimate of drug-likeness (QED) is 0.103. The molecule has 0 aliphatic heterocycles. The number of nitrogens with zero attached hydrogens (tertiary/aromatic N) is 5. The van der Waals surface area contributed by atoms with Gasteiger partial charge < -0.3 is 10.2 Å². The Balaban J connectivity index is 1.39. The fourth-order valence-electron chi connectivity index (χ4n) is 4.70. The van der Waals surface area contributed by atoms with Crippen molar-refractivity contribution in [2.45, 2.75) is 23.6 Å². The number of para-hydroxylation sites is 1. The summed E-state index contributed by atoms with van der Waals surface area (Å²) in [5.74, 6) is 0.645. The molecular formula is C36H36N8O5S2.